The Morgan fingerprint density at radius 2 is 1.92 bits per heavy atom. The number of likely N-dealkylation sites (tertiary alicyclic amines) is 1. The number of hydrogen-bond donors (Lipinski definition) is 0. The van der Waals surface area contributed by atoms with E-state index in [1.807, 2.05) is 51.1 Å². The minimum Gasteiger partial charge on any atom is -0.459 e. The predicted molar refractivity (Wildman–Crippen MR) is 93.8 cm³/mol. The van der Waals surface area contributed by atoms with Crippen LogP contribution >= 0.6 is 0 Å². The number of amides is 1. The van der Waals surface area contributed by atoms with E-state index in [1.54, 1.807) is 4.90 Å². The number of piperidine rings is 1. The molecule has 0 N–H and O–H groups in total. The maximum absolute atomic E-state index is 12.7. The van der Waals surface area contributed by atoms with Crippen LogP contribution in [-0.2, 0) is 20.9 Å². The summed E-state index contributed by atoms with van der Waals surface area (Å²) >= 11 is 0. The van der Waals surface area contributed by atoms with Crippen molar-refractivity contribution in [2.24, 2.45) is 5.92 Å². The van der Waals surface area contributed by atoms with Gasteiger partial charge < -0.3 is 9.47 Å². The molecule has 1 saturated carbocycles. The average Bonchev–Trinajstić information content (AvgIpc) is 3.08. The van der Waals surface area contributed by atoms with Crippen LogP contribution in [0.3, 0.4) is 0 Å². The van der Waals surface area contributed by atoms with Gasteiger partial charge in [0.05, 0.1) is 0 Å². The number of carbonyl (C=O) groups excluding carboxylic acids is 2. The first-order valence-electron chi connectivity index (χ1n) is 8.66. The van der Waals surface area contributed by atoms with Crippen molar-refractivity contribution >= 4 is 12.1 Å². The molecule has 2 bridgehead atoms. The molecule has 134 valence electrons. The van der Waals surface area contributed by atoms with Gasteiger partial charge in [-0.25, -0.2) is 9.59 Å². The summed E-state index contributed by atoms with van der Waals surface area (Å²) in [6.45, 7) is 9.73. The summed E-state index contributed by atoms with van der Waals surface area (Å²) in [5.74, 6) is -0.427. The number of ether oxygens (including phenoxy) is 2. The fourth-order valence-corrected chi connectivity index (χ4v) is 3.65. The SMILES string of the molecule is C=C1C[C@@H]2C[C@H]1[C@@H](C(=O)OCc1ccccc1)N2C(=O)OC(C)(C)C. The zero-order chi connectivity index (χ0) is 18.2. The van der Waals surface area contributed by atoms with Crippen LogP contribution < -0.4 is 0 Å². The standard InChI is InChI=1S/C20H25NO4/c1-13-10-15-11-16(13)17(21(15)19(23)25-20(2,3)4)18(22)24-12-14-8-6-5-7-9-14/h5-9,15-17H,1,10-12H2,2-4H3/t15-,16-,17+/m1/s1. The van der Waals surface area contributed by atoms with Gasteiger partial charge in [0.2, 0.25) is 0 Å². The average molecular weight is 343 g/mol. The van der Waals surface area contributed by atoms with Gasteiger partial charge in [-0.3, -0.25) is 4.90 Å². The van der Waals surface area contributed by atoms with E-state index in [9.17, 15) is 9.59 Å². The van der Waals surface area contributed by atoms with Crippen LogP contribution in [-0.4, -0.2) is 34.6 Å². The molecule has 1 saturated heterocycles. The first-order chi connectivity index (χ1) is 11.8. The summed E-state index contributed by atoms with van der Waals surface area (Å²) in [6, 6.07) is 8.85. The fourth-order valence-electron chi connectivity index (χ4n) is 3.65. The van der Waals surface area contributed by atoms with Gasteiger partial charge in [0.25, 0.3) is 0 Å². The molecule has 1 amide bonds. The maximum atomic E-state index is 12.7. The molecule has 1 aliphatic heterocycles. The van der Waals surface area contributed by atoms with E-state index in [4.69, 9.17) is 9.47 Å². The molecule has 3 rings (SSSR count). The lowest BCUT2D eigenvalue weighted by atomic mass is 9.94. The lowest BCUT2D eigenvalue weighted by molar-refractivity contribution is -0.152. The van der Waals surface area contributed by atoms with Crippen molar-refractivity contribution in [2.75, 3.05) is 0 Å². The van der Waals surface area contributed by atoms with Crippen LogP contribution in [0.4, 0.5) is 4.79 Å². The number of hydrogen-bond acceptors (Lipinski definition) is 4. The number of fused-ring (bicyclic) bond motifs is 2. The zero-order valence-corrected chi connectivity index (χ0v) is 15.0. The van der Waals surface area contributed by atoms with Crippen molar-refractivity contribution in [1.82, 2.24) is 4.90 Å². The maximum Gasteiger partial charge on any atom is 0.411 e. The minimum absolute atomic E-state index is 0.0263. The number of carbonyl (C=O) groups is 2. The molecule has 1 aromatic rings. The number of esters is 1. The Bertz CT molecular complexity index is 677. The molecule has 1 aliphatic carbocycles. The quantitative estimate of drug-likeness (QED) is 0.620. The molecular formula is C20H25NO4. The molecule has 0 spiro atoms. The Hall–Kier alpha value is -2.30. The lowest BCUT2D eigenvalue weighted by Crippen LogP contribution is -2.51. The van der Waals surface area contributed by atoms with Crippen molar-refractivity contribution < 1.29 is 19.1 Å². The molecular weight excluding hydrogens is 318 g/mol. The normalized spacial score (nSPS) is 25.2. The third-order valence-corrected chi connectivity index (χ3v) is 4.69. The van der Waals surface area contributed by atoms with Gasteiger partial charge in [-0.2, -0.15) is 0 Å². The number of nitrogens with zero attached hydrogens (tertiary/aromatic N) is 1. The summed E-state index contributed by atoms with van der Waals surface area (Å²) in [6.07, 6.45) is 1.03. The van der Waals surface area contributed by atoms with Gasteiger partial charge in [-0.1, -0.05) is 42.5 Å². The van der Waals surface area contributed by atoms with Crippen LogP contribution in [0, 0.1) is 5.92 Å². The molecule has 1 aromatic carbocycles. The van der Waals surface area contributed by atoms with Gasteiger partial charge in [-0.15, -0.1) is 0 Å². The molecule has 5 nitrogen and oxygen atoms in total. The molecule has 25 heavy (non-hydrogen) atoms. The molecule has 1 heterocycles. The molecule has 0 unspecified atom stereocenters. The highest BCUT2D eigenvalue weighted by Crippen LogP contribution is 2.46. The largest absolute Gasteiger partial charge is 0.459 e. The second-order valence-corrected chi connectivity index (χ2v) is 7.78. The first kappa shape index (κ1) is 17.5. The van der Waals surface area contributed by atoms with E-state index in [-0.39, 0.29) is 24.5 Å². The molecule has 0 aromatic heterocycles. The Morgan fingerprint density at radius 1 is 1.24 bits per heavy atom. The lowest BCUT2D eigenvalue weighted by Gasteiger charge is -2.35. The molecule has 2 fully saturated rings. The van der Waals surface area contributed by atoms with Gasteiger partial charge in [0.15, 0.2) is 0 Å². The minimum atomic E-state index is -0.634. The van der Waals surface area contributed by atoms with Crippen LogP contribution in [0.15, 0.2) is 42.5 Å². The fraction of sp³-hybridized carbons (Fsp3) is 0.500. The van der Waals surface area contributed by atoms with Crippen molar-refractivity contribution in [3.63, 3.8) is 0 Å². The monoisotopic (exact) mass is 343 g/mol. The third-order valence-electron chi connectivity index (χ3n) is 4.69. The highest BCUT2D eigenvalue weighted by molar-refractivity contribution is 5.84. The zero-order valence-electron chi connectivity index (χ0n) is 15.0. The van der Waals surface area contributed by atoms with E-state index < -0.39 is 17.7 Å². The Labute approximate surface area is 148 Å². The Morgan fingerprint density at radius 3 is 2.56 bits per heavy atom. The summed E-state index contributed by atoms with van der Waals surface area (Å²) in [4.78, 5) is 26.9. The van der Waals surface area contributed by atoms with E-state index in [0.717, 1.165) is 24.0 Å². The highest BCUT2D eigenvalue weighted by Gasteiger charge is 2.54. The Balaban J connectivity index is 1.73. The number of rotatable bonds is 3. The van der Waals surface area contributed by atoms with Crippen LogP contribution in [0.25, 0.3) is 0 Å². The van der Waals surface area contributed by atoms with Crippen molar-refractivity contribution in [2.45, 2.75) is 57.9 Å². The van der Waals surface area contributed by atoms with E-state index in [0.29, 0.717) is 0 Å². The van der Waals surface area contributed by atoms with E-state index in [1.165, 1.54) is 0 Å². The van der Waals surface area contributed by atoms with Gasteiger partial charge >= 0.3 is 12.1 Å². The molecule has 3 atom stereocenters. The molecule has 2 aliphatic rings. The second-order valence-electron chi connectivity index (χ2n) is 7.78. The van der Waals surface area contributed by atoms with E-state index in [2.05, 4.69) is 6.58 Å². The van der Waals surface area contributed by atoms with Gasteiger partial charge in [0.1, 0.15) is 18.2 Å². The smallest absolute Gasteiger partial charge is 0.411 e. The predicted octanol–water partition coefficient (Wildman–Crippen LogP) is 3.68. The summed E-state index contributed by atoms with van der Waals surface area (Å²) in [7, 11) is 0. The van der Waals surface area contributed by atoms with Gasteiger partial charge in [0, 0.05) is 12.0 Å². The summed E-state index contributed by atoms with van der Waals surface area (Å²) in [5, 5.41) is 0. The number of benzene rings is 1. The molecule has 0 radical (unpaired) electrons. The highest BCUT2D eigenvalue weighted by atomic mass is 16.6. The first-order valence-corrected chi connectivity index (χ1v) is 8.66. The van der Waals surface area contributed by atoms with Crippen LogP contribution in [0.2, 0.25) is 0 Å². The van der Waals surface area contributed by atoms with Gasteiger partial charge in [-0.05, 0) is 39.2 Å². The summed E-state index contributed by atoms with van der Waals surface area (Å²) < 4.78 is 11.0. The Kier molecular flexibility index (Phi) is 4.58. The molecule has 5 heteroatoms. The van der Waals surface area contributed by atoms with E-state index >= 15 is 0 Å². The second kappa shape index (κ2) is 6.54. The topological polar surface area (TPSA) is 55.8 Å². The summed E-state index contributed by atoms with van der Waals surface area (Å²) in [5.41, 5.74) is 1.34. The third kappa shape index (κ3) is 3.70. The van der Waals surface area contributed by atoms with Crippen molar-refractivity contribution in [3.05, 3.63) is 48.0 Å². The van der Waals surface area contributed by atoms with Crippen LogP contribution in [0.1, 0.15) is 39.2 Å². The van der Waals surface area contributed by atoms with Crippen LogP contribution in [0.5, 0.6) is 0 Å². The van der Waals surface area contributed by atoms with Crippen molar-refractivity contribution in [1.29, 1.82) is 0 Å². The van der Waals surface area contributed by atoms with Crippen molar-refractivity contribution in [3.8, 4) is 0 Å².